The summed E-state index contributed by atoms with van der Waals surface area (Å²) in [5, 5.41) is 0. The van der Waals surface area contributed by atoms with Gasteiger partial charge in [0.2, 0.25) is 0 Å². The summed E-state index contributed by atoms with van der Waals surface area (Å²) in [6.45, 7) is 3.63. The number of ether oxygens (including phenoxy) is 3. The molecule has 146 valence electrons. The molecule has 2 aromatic rings. The number of benzene rings is 2. The third kappa shape index (κ3) is 4.00. The number of hydrogen-bond donors (Lipinski definition) is 0. The molecule has 0 spiro atoms. The van der Waals surface area contributed by atoms with Crippen LogP contribution < -0.4 is 13.8 Å². The maximum Gasteiger partial charge on any atom is 0.338 e. The van der Waals surface area contributed by atoms with Crippen LogP contribution in [0.25, 0.3) is 0 Å². The number of carbonyl (C=O) groups is 1. The summed E-state index contributed by atoms with van der Waals surface area (Å²) in [5.74, 6) is 0.248. The molecule has 0 aliphatic rings. The van der Waals surface area contributed by atoms with Gasteiger partial charge in [-0.3, -0.25) is 4.31 Å². The predicted octanol–water partition coefficient (Wildman–Crippen LogP) is 3.01. The second-order valence-corrected chi connectivity index (χ2v) is 7.63. The molecule has 0 atom stereocenters. The van der Waals surface area contributed by atoms with Gasteiger partial charge in [0.05, 0.1) is 37.0 Å². The van der Waals surface area contributed by atoms with Crippen LogP contribution in [-0.2, 0) is 14.8 Å². The quantitative estimate of drug-likeness (QED) is 0.673. The van der Waals surface area contributed by atoms with Gasteiger partial charge in [-0.05, 0) is 43.7 Å². The van der Waals surface area contributed by atoms with Crippen molar-refractivity contribution in [2.45, 2.75) is 18.7 Å². The lowest BCUT2D eigenvalue weighted by Crippen LogP contribution is -2.27. The van der Waals surface area contributed by atoms with Crippen LogP contribution in [0.2, 0.25) is 0 Å². The molecule has 0 amide bonds. The molecule has 0 aromatic heterocycles. The lowest BCUT2D eigenvalue weighted by atomic mass is 10.1. The van der Waals surface area contributed by atoms with E-state index in [4.69, 9.17) is 14.2 Å². The average Bonchev–Trinajstić information content (AvgIpc) is 2.67. The van der Waals surface area contributed by atoms with Crippen LogP contribution in [0, 0.1) is 6.92 Å². The highest BCUT2D eigenvalue weighted by atomic mass is 32.2. The molecule has 0 bridgehead atoms. The predicted molar refractivity (Wildman–Crippen MR) is 102 cm³/mol. The number of rotatable bonds is 7. The van der Waals surface area contributed by atoms with E-state index in [2.05, 4.69) is 0 Å². The van der Waals surface area contributed by atoms with Crippen molar-refractivity contribution < 1.29 is 27.4 Å². The molecule has 2 aromatic carbocycles. The fourth-order valence-corrected chi connectivity index (χ4v) is 3.93. The minimum absolute atomic E-state index is 0.0450. The van der Waals surface area contributed by atoms with Gasteiger partial charge in [-0.2, -0.15) is 0 Å². The van der Waals surface area contributed by atoms with E-state index in [0.717, 1.165) is 4.31 Å². The normalized spacial score (nSPS) is 11.0. The van der Waals surface area contributed by atoms with Crippen LogP contribution in [0.1, 0.15) is 22.8 Å². The highest BCUT2D eigenvalue weighted by Crippen LogP contribution is 2.33. The molecule has 2 rings (SSSR count). The van der Waals surface area contributed by atoms with Crippen molar-refractivity contribution in [2.75, 3.05) is 32.2 Å². The minimum Gasteiger partial charge on any atom is -0.493 e. The van der Waals surface area contributed by atoms with Crippen LogP contribution in [-0.4, -0.2) is 42.3 Å². The van der Waals surface area contributed by atoms with Crippen molar-refractivity contribution in [3.8, 4) is 11.5 Å². The topological polar surface area (TPSA) is 82.1 Å². The maximum atomic E-state index is 13.1. The van der Waals surface area contributed by atoms with Crippen LogP contribution in [0.5, 0.6) is 11.5 Å². The zero-order valence-electron chi connectivity index (χ0n) is 16.0. The van der Waals surface area contributed by atoms with E-state index in [0.29, 0.717) is 28.3 Å². The Kier molecular flexibility index (Phi) is 6.32. The van der Waals surface area contributed by atoms with Gasteiger partial charge in [0.1, 0.15) is 0 Å². The number of esters is 1. The largest absolute Gasteiger partial charge is 0.493 e. The first-order valence-electron chi connectivity index (χ1n) is 8.25. The fraction of sp³-hybridized carbons (Fsp3) is 0.316. The number of sulfonamides is 1. The lowest BCUT2D eigenvalue weighted by Gasteiger charge is -2.23. The Hall–Kier alpha value is -2.74. The van der Waals surface area contributed by atoms with Crippen LogP contribution in [0.4, 0.5) is 5.69 Å². The van der Waals surface area contributed by atoms with Crippen molar-refractivity contribution in [1.29, 1.82) is 0 Å². The van der Waals surface area contributed by atoms with Crippen molar-refractivity contribution >= 4 is 21.7 Å². The second-order valence-electron chi connectivity index (χ2n) is 5.66. The monoisotopic (exact) mass is 393 g/mol. The standard InChI is InChI=1S/C19H23NO6S/c1-6-26-19(21)15-8-7-9-16(13(15)2)20(3)27(22,23)14-10-11-17(24-4)18(12-14)25-5/h7-12H,6H2,1-5H3. The third-order valence-electron chi connectivity index (χ3n) is 4.15. The molecule has 7 nitrogen and oxygen atoms in total. The summed E-state index contributed by atoms with van der Waals surface area (Å²) in [7, 11) is 0.463. The summed E-state index contributed by atoms with van der Waals surface area (Å²) in [5.41, 5.74) is 1.22. The van der Waals surface area contributed by atoms with E-state index in [-0.39, 0.29) is 11.5 Å². The third-order valence-corrected chi connectivity index (χ3v) is 5.92. The van der Waals surface area contributed by atoms with Gasteiger partial charge in [0.15, 0.2) is 11.5 Å². The summed E-state index contributed by atoms with van der Waals surface area (Å²) < 4.78 is 42.6. The molecule has 0 unspecified atom stereocenters. The molecule has 0 saturated carbocycles. The molecular weight excluding hydrogens is 370 g/mol. The smallest absolute Gasteiger partial charge is 0.338 e. The van der Waals surface area contributed by atoms with Crippen molar-refractivity contribution in [3.63, 3.8) is 0 Å². The molecule has 8 heteroatoms. The Balaban J connectivity index is 2.49. The highest BCUT2D eigenvalue weighted by Gasteiger charge is 2.25. The summed E-state index contributed by atoms with van der Waals surface area (Å²) in [6, 6.07) is 9.23. The molecule has 0 aliphatic carbocycles. The Labute approximate surface area is 159 Å². The van der Waals surface area contributed by atoms with Crippen LogP contribution in [0.3, 0.4) is 0 Å². The van der Waals surface area contributed by atoms with E-state index in [9.17, 15) is 13.2 Å². The second kappa shape index (κ2) is 8.30. The number of carbonyl (C=O) groups excluding carboxylic acids is 1. The van der Waals surface area contributed by atoms with Crippen LogP contribution >= 0.6 is 0 Å². The van der Waals surface area contributed by atoms with Gasteiger partial charge in [-0.15, -0.1) is 0 Å². The lowest BCUT2D eigenvalue weighted by molar-refractivity contribution is 0.0525. The molecule has 0 N–H and O–H groups in total. The molecule has 0 saturated heterocycles. The first kappa shape index (κ1) is 20.6. The van der Waals surface area contributed by atoms with Gasteiger partial charge in [-0.1, -0.05) is 6.07 Å². The van der Waals surface area contributed by atoms with E-state index in [1.807, 2.05) is 0 Å². The number of hydrogen-bond acceptors (Lipinski definition) is 6. The van der Waals surface area contributed by atoms with Crippen molar-refractivity contribution in [2.24, 2.45) is 0 Å². The molecule has 27 heavy (non-hydrogen) atoms. The zero-order chi connectivity index (χ0) is 20.2. The average molecular weight is 393 g/mol. The molecule has 0 radical (unpaired) electrons. The Morgan fingerprint density at radius 3 is 2.33 bits per heavy atom. The highest BCUT2D eigenvalue weighted by molar-refractivity contribution is 7.92. The van der Waals surface area contributed by atoms with Gasteiger partial charge in [-0.25, -0.2) is 13.2 Å². The first-order valence-corrected chi connectivity index (χ1v) is 9.69. The fourth-order valence-electron chi connectivity index (χ4n) is 2.66. The van der Waals surface area contributed by atoms with Crippen molar-refractivity contribution in [1.82, 2.24) is 0 Å². The first-order chi connectivity index (χ1) is 12.8. The van der Waals surface area contributed by atoms with Gasteiger partial charge in [0, 0.05) is 13.1 Å². The van der Waals surface area contributed by atoms with Gasteiger partial charge < -0.3 is 14.2 Å². The number of methoxy groups -OCH3 is 2. The zero-order valence-corrected chi connectivity index (χ0v) is 16.8. The summed E-state index contributed by atoms with van der Waals surface area (Å²) in [6.07, 6.45) is 0. The van der Waals surface area contributed by atoms with Crippen LogP contribution in [0.15, 0.2) is 41.3 Å². The van der Waals surface area contributed by atoms with E-state index < -0.39 is 16.0 Å². The summed E-state index contributed by atoms with van der Waals surface area (Å²) in [4.78, 5) is 12.1. The minimum atomic E-state index is -3.88. The molecular formula is C19H23NO6S. The molecule has 0 aliphatic heterocycles. The van der Waals surface area contributed by atoms with E-state index in [1.54, 1.807) is 32.0 Å². The Morgan fingerprint density at radius 1 is 1.07 bits per heavy atom. The van der Waals surface area contributed by atoms with Gasteiger partial charge >= 0.3 is 5.97 Å². The number of nitrogens with zero attached hydrogens (tertiary/aromatic N) is 1. The Bertz CT molecular complexity index is 939. The molecule has 0 fully saturated rings. The maximum absolute atomic E-state index is 13.1. The SMILES string of the molecule is CCOC(=O)c1cccc(N(C)S(=O)(=O)c2ccc(OC)c(OC)c2)c1C. The van der Waals surface area contributed by atoms with E-state index in [1.165, 1.54) is 39.5 Å². The van der Waals surface area contributed by atoms with E-state index >= 15 is 0 Å². The molecule has 0 heterocycles. The Morgan fingerprint density at radius 2 is 1.74 bits per heavy atom. The van der Waals surface area contributed by atoms with Crippen molar-refractivity contribution in [3.05, 3.63) is 47.5 Å². The number of anilines is 1. The van der Waals surface area contributed by atoms with Gasteiger partial charge in [0.25, 0.3) is 10.0 Å². The summed E-state index contributed by atoms with van der Waals surface area (Å²) >= 11 is 0.